The molecule has 94 valence electrons. The van der Waals surface area contributed by atoms with Crippen molar-refractivity contribution in [3.8, 4) is 0 Å². The zero-order valence-electron chi connectivity index (χ0n) is 10.5. The number of halogens is 1. The highest BCUT2D eigenvalue weighted by atomic mass is 32.1. The Labute approximate surface area is 108 Å². The Morgan fingerprint density at radius 3 is 2.59 bits per heavy atom. The van der Waals surface area contributed by atoms with Crippen LogP contribution in [-0.4, -0.2) is 22.5 Å². The van der Waals surface area contributed by atoms with E-state index in [0.29, 0.717) is 11.6 Å². The second kappa shape index (κ2) is 6.07. The van der Waals surface area contributed by atoms with Crippen molar-refractivity contribution < 1.29 is 4.39 Å². The predicted octanol–water partition coefficient (Wildman–Crippen LogP) is 2.69. The molecule has 1 aromatic carbocycles. The van der Waals surface area contributed by atoms with E-state index in [2.05, 4.69) is 25.7 Å². The molecule has 4 heteroatoms. The van der Waals surface area contributed by atoms with Crippen molar-refractivity contribution in [2.45, 2.75) is 33.4 Å². The van der Waals surface area contributed by atoms with E-state index in [4.69, 9.17) is 18.0 Å². The molecule has 0 aromatic heterocycles. The van der Waals surface area contributed by atoms with Gasteiger partial charge in [-0.25, -0.2) is 4.39 Å². The Kier molecular flexibility index (Phi) is 5.02. The molecule has 0 fully saturated rings. The molecule has 2 nitrogen and oxygen atoms in total. The summed E-state index contributed by atoms with van der Waals surface area (Å²) in [4.78, 5) is 2.40. The zero-order valence-corrected chi connectivity index (χ0v) is 11.4. The average Bonchev–Trinajstić information content (AvgIpc) is 2.27. The highest BCUT2D eigenvalue weighted by Gasteiger charge is 2.10. The molecule has 0 radical (unpaired) electrons. The van der Waals surface area contributed by atoms with Gasteiger partial charge in [0.15, 0.2) is 0 Å². The van der Waals surface area contributed by atoms with E-state index >= 15 is 0 Å². The van der Waals surface area contributed by atoms with E-state index in [1.807, 2.05) is 0 Å². The molecule has 0 amide bonds. The molecule has 0 bridgehead atoms. The minimum Gasteiger partial charge on any atom is -0.389 e. The van der Waals surface area contributed by atoms with Gasteiger partial charge >= 0.3 is 0 Å². The van der Waals surface area contributed by atoms with Crippen molar-refractivity contribution in [1.29, 1.82) is 0 Å². The summed E-state index contributed by atoms with van der Waals surface area (Å²) < 4.78 is 13.4. The molecule has 0 atom stereocenters. The number of benzene rings is 1. The lowest BCUT2D eigenvalue weighted by Gasteiger charge is -2.25. The standard InChI is InChI=1S/C13H19FN2S/c1-4-16(9(2)3)8-10-5-6-12(14)11(7-10)13(15)17/h5-7,9H,4,8H2,1-3H3,(H2,15,17). The first kappa shape index (κ1) is 14.1. The van der Waals surface area contributed by atoms with Crippen molar-refractivity contribution in [2.75, 3.05) is 6.54 Å². The van der Waals surface area contributed by atoms with Crippen molar-refractivity contribution in [3.05, 3.63) is 35.1 Å². The van der Waals surface area contributed by atoms with E-state index in [-0.39, 0.29) is 10.8 Å². The molecular weight excluding hydrogens is 235 g/mol. The lowest BCUT2D eigenvalue weighted by molar-refractivity contribution is 0.225. The fraction of sp³-hybridized carbons (Fsp3) is 0.462. The summed E-state index contributed by atoms with van der Waals surface area (Å²) in [6.07, 6.45) is 0. The topological polar surface area (TPSA) is 29.3 Å². The minimum atomic E-state index is -0.353. The Hall–Kier alpha value is -1.00. The molecule has 1 rings (SSSR count). The largest absolute Gasteiger partial charge is 0.389 e. The van der Waals surface area contributed by atoms with E-state index in [0.717, 1.165) is 18.7 Å². The number of nitrogens with zero attached hydrogens (tertiary/aromatic N) is 1. The Balaban J connectivity index is 2.92. The molecule has 17 heavy (non-hydrogen) atoms. The van der Waals surface area contributed by atoms with Crippen LogP contribution in [0.25, 0.3) is 0 Å². The summed E-state index contributed by atoms with van der Waals surface area (Å²) in [5.74, 6) is -0.353. The van der Waals surface area contributed by atoms with Crippen LogP contribution < -0.4 is 5.73 Å². The molecule has 0 saturated carbocycles. The van der Waals surface area contributed by atoms with Gasteiger partial charge in [-0.1, -0.05) is 25.2 Å². The zero-order chi connectivity index (χ0) is 13.0. The molecule has 0 saturated heterocycles. The first-order chi connectivity index (χ1) is 7.95. The molecule has 0 aliphatic carbocycles. The predicted molar refractivity (Wildman–Crippen MR) is 73.5 cm³/mol. The molecular formula is C13H19FN2S. The van der Waals surface area contributed by atoms with Crippen LogP contribution in [0.2, 0.25) is 0 Å². The van der Waals surface area contributed by atoms with Crippen molar-refractivity contribution in [3.63, 3.8) is 0 Å². The van der Waals surface area contributed by atoms with Gasteiger partial charge in [-0.15, -0.1) is 0 Å². The van der Waals surface area contributed by atoms with Gasteiger partial charge in [0.25, 0.3) is 0 Å². The summed E-state index contributed by atoms with van der Waals surface area (Å²) in [7, 11) is 0. The third kappa shape index (κ3) is 3.75. The van der Waals surface area contributed by atoms with Gasteiger partial charge < -0.3 is 5.73 Å². The van der Waals surface area contributed by atoms with E-state index in [1.165, 1.54) is 6.07 Å². The SMILES string of the molecule is CCN(Cc1ccc(F)c(C(N)=S)c1)C(C)C. The maximum atomic E-state index is 13.4. The van der Waals surface area contributed by atoms with Crippen LogP contribution in [-0.2, 0) is 6.54 Å². The smallest absolute Gasteiger partial charge is 0.133 e. The summed E-state index contributed by atoms with van der Waals surface area (Å²) in [5, 5.41) is 0. The summed E-state index contributed by atoms with van der Waals surface area (Å²) >= 11 is 4.83. The number of nitrogens with two attached hydrogens (primary N) is 1. The van der Waals surface area contributed by atoms with Crippen molar-refractivity contribution >= 4 is 17.2 Å². The maximum absolute atomic E-state index is 13.4. The fourth-order valence-electron chi connectivity index (χ4n) is 1.75. The fourth-order valence-corrected chi connectivity index (χ4v) is 1.91. The van der Waals surface area contributed by atoms with E-state index in [1.54, 1.807) is 12.1 Å². The lowest BCUT2D eigenvalue weighted by Crippen LogP contribution is -2.30. The molecule has 0 spiro atoms. The molecule has 0 aliphatic heterocycles. The highest BCUT2D eigenvalue weighted by Crippen LogP contribution is 2.13. The summed E-state index contributed by atoms with van der Waals surface area (Å²) in [6, 6.07) is 5.40. The molecule has 0 aliphatic rings. The molecule has 2 N–H and O–H groups in total. The minimum absolute atomic E-state index is 0.108. The lowest BCUT2D eigenvalue weighted by atomic mass is 10.1. The molecule has 1 aromatic rings. The van der Waals surface area contributed by atoms with Crippen LogP contribution in [0.3, 0.4) is 0 Å². The second-order valence-corrected chi connectivity index (χ2v) is 4.78. The van der Waals surface area contributed by atoms with Crippen molar-refractivity contribution in [2.24, 2.45) is 5.73 Å². The van der Waals surface area contributed by atoms with Crippen LogP contribution in [0.4, 0.5) is 4.39 Å². The van der Waals surface area contributed by atoms with Gasteiger partial charge in [0.2, 0.25) is 0 Å². The second-order valence-electron chi connectivity index (χ2n) is 4.34. The number of hydrogen-bond acceptors (Lipinski definition) is 2. The highest BCUT2D eigenvalue weighted by molar-refractivity contribution is 7.80. The first-order valence-electron chi connectivity index (χ1n) is 5.78. The van der Waals surface area contributed by atoms with Gasteiger partial charge in [-0.05, 0) is 38.1 Å². The molecule has 0 heterocycles. The maximum Gasteiger partial charge on any atom is 0.133 e. The number of rotatable bonds is 5. The van der Waals surface area contributed by atoms with Gasteiger partial charge in [-0.2, -0.15) is 0 Å². The third-order valence-corrected chi connectivity index (χ3v) is 3.04. The quantitative estimate of drug-likeness (QED) is 0.819. The van der Waals surface area contributed by atoms with Gasteiger partial charge in [0.05, 0.1) is 0 Å². The Morgan fingerprint density at radius 1 is 1.47 bits per heavy atom. The normalized spacial score (nSPS) is 11.2. The van der Waals surface area contributed by atoms with Crippen LogP contribution in [0.5, 0.6) is 0 Å². The van der Waals surface area contributed by atoms with E-state index < -0.39 is 0 Å². The summed E-state index contributed by atoms with van der Waals surface area (Å²) in [5.41, 5.74) is 6.85. The van der Waals surface area contributed by atoms with Crippen LogP contribution in [0.15, 0.2) is 18.2 Å². The van der Waals surface area contributed by atoms with Gasteiger partial charge in [0, 0.05) is 18.2 Å². The number of hydrogen-bond donors (Lipinski definition) is 1. The van der Waals surface area contributed by atoms with Crippen LogP contribution >= 0.6 is 12.2 Å². The van der Waals surface area contributed by atoms with E-state index in [9.17, 15) is 4.39 Å². The average molecular weight is 254 g/mol. The monoisotopic (exact) mass is 254 g/mol. The summed E-state index contributed by atoms with van der Waals surface area (Å²) in [6.45, 7) is 8.13. The third-order valence-electron chi connectivity index (χ3n) is 2.82. The Bertz CT molecular complexity index is 404. The molecule has 0 unspecified atom stereocenters. The van der Waals surface area contributed by atoms with Crippen LogP contribution in [0, 0.1) is 5.82 Å². The van der Waals surface area contributed by atoms with Gasteiger partial charge in [-0.3, -0.25) is 4.90 Å². The van der Waals surface area contributed by atoms with Crippen LogP contribution in [0.1, 0.15) is 31.9 Å². The number of thiocarbonyl (C=S) groups is 1. The first-order valence-corrected chi connectivity index (χ1v) is 6.18. The Morgan fingerprint density at radius 2 is 2.12 bits per heavy atom. The van der Waals surface area contributed by atoms with Gasteiger partial charge in [0.1, 0.15) is 10.8 Å². The van der Waals surface area contributed by atoms with Crippen molar-refractivity contribution in [1.82, 2.24) is 4.90 Å².